The van der Waals surface area contributed by atoms with Crippen molar-refractivity contribution >= 4 is 0 Å². The van der Waals surface area contributed by atoms with Crippen LogP contribution in [0.25, 0.3) is 0 Å². The standard InChI is InChI=1S/C19H24O2/c1-18-9-7-13(20)11-12(18)3-4-14-15-5-6-17(21)19(15,2)10-8-16(14)18/h3-7,9,13,15-17,20-21H,8,10-11H2,1-2H3/t13?,15-,16+,17?,18-,19-/m0/s1. The summed E-state index contributed by atoms with van der Waals surface area (Å²) in [6.45, 7) is 4.54. The molecule has 0 aromatic rings. The van der Waals surface area contributed by atoms with Gasteiger partial charge in [-0.15, -0.1) is 0 Å². The van der Waals surface area contributed by atoms with Crippen molar-refractivity contribution in [2.45, 2.75) is 45.3 Å². The van der Waals surface area contributed by atoms with E-state index in [1.165, 1.54) is 11.1 Å². The molecule has 2 unspecified atom stereocenters. The van der Waals surface area contributed by atoms with Crippen LogP contribution in [0.1, 0.15) is 33.1 Å². The van der Waals surface area contributed by atoms with Crippen molar-refractivity contribution in [1.82, 2.24) is 0 Å². The van der Waals surface area contributed by atoms with Crippen LogP contribution in [0.15, 0.2) is 47.6 Å². The van der Waals surface area contributed by atoms with E-state index in [0.29, 0.717) is 11.8 Å². The Balaban J connectivity index is 1.79. The summed E-state index contributed by atoms with van der Waals surface area (Å²) in [7, 11) is 0. The van der Waals surface area contributed by atoms with E-state index in [1.54, 1.807) is 0 Å². The second-order valence-electron chi connectivity index (χ2n) is 7.68. The van der Waals surface area contributed by atoms with Gasteiger partial charge in [-0.2, -0.15) is 0 Å². The van der Waals surface area contributed by atoms with Gasteiger partial charge in [-0.05, 0) is 25.2 Å². The van der Waals surface area contributed by atoms with Crippen LogP contribution in [-0.4, -0.2) is 22.4 Å². The molecule has 0 bridgehead atoms. The normalized spacial score (nSPS) is 50.9. The van der Waals surface area contributed by atoms with Crippen LogP contribution in [0.5, 0.6) is 0 Å². The van der Waals surface area contributed by atoms with Gasteiger partial charge < -0.3 is 10.2 Å². The molecule has 0 aromatic carbocycles. The summed E-state index contributed by atoms with van der Waals surface area (Å²) in [4.78, 5) is 0. The quantitative estimate of drug-likeness (QED) is 0.671. The Morgan fingerprint density at radius 2 is 1.90 bits per heavy atom. The summed E-state index contributed by atoms with van der Waals surface area (Å²) in [6.07, 6.45) is 15.2. The van der Waals surface area contributed by atoms with Crippen molar-refractivity contribution in [3.63, 3.8) is 0 Å². The Hall–Kier alpha value is -1.12. The summed E-state index contributed by atoms with van der Waals surface area (Å²) >= 11 is 0. The lowest BCUT2D eigenvalue weighted by molar-refractivity contribution is 0.0268. The number of allylic oxidation sites excluding steroid dienone is 5. The molecule has 4 aliphatic rings. The minimum absolute atomic E-state index is 0.0259. The van der Waals surface area contributed by atoms with Gasteiger partial charge in [-0.25, -0.2) is 0 Å². The fourth-order valence-corrected chi connectivity index (χ4v) is 5.06. The Morgan fingerprint density at radius 3 is 2.71 bits per heavy atom. The van der Waals surface area contributed by atoms with Crippen LogP contribution in [0.2, 0.25) is 0 Å². The van der Waals surface area contributed by atoms with Gasteiger partial charge in [-0.3, -0.25) is 0 Å². The minimum atomic E-state index is -0.332. The van der Waals surface area contributed by atoms with Crippen molar-refractivity contribution in [2.24, 2.45) is 22.7 Å². The molecule has 4 rings (SSSR count). The molecular weight excluding hydrogens is 260 g/mol. The molecule has 2 N–H and O–H groups in total. The number of hydrogen-bond donors (Lipinski definition) is 2. The summed E-state index contributed by atoms with van der Waals surface area (Å²) in [5, 5.41) is 20.2. The predicted molar refractivity (Wildman–Crippen MR) is 83.5 cm³/mol. The molecule has 21 heavy (non-hydrogen) atoms. The molecule has 0 radical (unpaired) electrons. The fourth-order valence-electron chi connectivity index (χ4n) is 5.06. The summed E-state index contributed by atoms with van der Waals surface area (Å²) in [5.74, 6) is 0.871. The van der Waals surface area contributed by atoms with Crippen molar-refractivity contribution in [3.05, 3.63) is 47.6 Å². The highest BCUT2D eigenvalue weighted by Crippen LogP contribution is 2.60. The van der Waals surface area contributed by atoms with E-state index in [0.717, 1.165) is 19.3 Å². The molecule has 0 spiro atoms. The molecular formula is C19H24O2. The minimum Gasteiger partial charge on any atom is -0.389 e. The third kappa shape index (κ3) is 1.66. The van der Waals surface area contributed by atoms with Gasteiger partial charge in [0.2, 0.25) is 0 Å². The Kier molecular flexibility index (Phi) is 2.71. The highest BCUT2D eigenvalue weighted by atomic mass is 16.3. The van der Waals surface area contributed by atoms with Crippen LogP contribution in [0, 0.1) is 22.7 Å². The first-order valence-corrected chi connectivity index (χ1v) is 8.10. The molecule has 2 nitrogen and oxygen atoms in total. The third-order valence-electron chi connectivity index (χ3n) is 6.59. The van der Waals surface area contributed by atoms with E-state index in [2.05, 4.69) is 38.2 Å². The highest BCUT2D eigenvalue weighted by Gasteiger charge is 2.53. The van der Waals surface area contributed by atoms with Crippen molar-refractivity contribution in [1.29, 1.82) is 0 Å². The van der Waals surface area contributed by atoms with Crippen LogP contribution in [-0.2, 0) is 0 Å². The average Bonchev–Trinajstić information content (AvgIpc) is 2.76. The van der Waals surface area contributed by atoms with E-state index < -0.39 is 0 Å². The maximum Gasteiger partial charge on any atom is 0.0783 e. The highest BCUT2D eigenvalue weighted by molar-refractivity contribution is 5.44. The molecule has 0 heterocycles. The lowest BCUT2D eigenvalue weighted by atomic mass is 9.52. The number of fused-ring (bicyclic) bond motifs is 5. The second kappa shape index (κ2) is 4.21. The first-order chi connectivity index (χ1) is 9.95. The zero-order chi connectivity index (χ0) is 14.8. The van der Waals surface area contributed by atoms with Crippen LogP contribution < -0.4 is 0 Å². The van der Waals surface area contributed by atoms with Gasteiger partial charge in [-0.1, -0.05) is 61.4 Å². The first-order valence-electron chi connectivity index (χ1n) is 8.10. The van der Waals surface area contributed by atoms with Crippen molar-refractivity contribution in [2.75, 3.05) is 0 Å². The SMILES string of the molecule is C[C@]12C=CC(O)CC1=CC=C1[C@H]2CC[C@]2(C)C(O)C=C[C@@H]12. The molecule has 4 aliphatic carbocycles. The summed E-state index contributed by atoms with van der Waals surface area (Å²) in [6, 6.07) is 0. The van der Waals surface area contributed by atoms with Gasteiger partial charge in [0.25, 0.3) is 0 Å². The van der Waals surface area contributed by atoms with Crippen molar-refractivity contribution < 1.29 is 10.2 Å². The molecule has 2 heteroatoms. The number of aliphatic hydroxyl groups excluding tert-OH is 2. The van der Waals surface area contributed by atoms with E-state index >= 15 is 0 Å². The molecule has 6 atom stereocenters. The fraction of sp³-hybridized carbons (Fsp3) is 0.579. The van der Waals surface area contributed by atoms with E-state index in [1.807, 2.05) is 12.2 Å². The van der Waals surface area contributed by atoms with Crippen LogP contribution in [0.4, 0.5) is 0 Å². The van der Waals surface area contributed by atoms with Gasteiger partial charge in [0.15, 0.2) is 0 Å². The van der Waals surface area contributed by atoms with Gasteiger partial charge in [0, 0.05) is 16.7 Å². The van der Waals surface area contributed by atoms with Gasteiger partial charge in [0.1, 0.15) is 0 Å². The van der Waals surface area contributed by atoms with Gasteiger partial charge in [0.05, 0.1) is 12.2 Å². The summed E-state index contributed by atoms with van der Waals surface area (Å²) in [5.41, 5.74) is 2.86. The van der Waals surface area contributed by atoms with E-state index in [-0.39, 0.29) is 23.0 Å². The first kappa shape index (κ1) is 13.5. The maximum atomic E-state index is 10.3. The molecule has 0 aliphatic heterocycles. The molecule has 0 saturated heterocycles. The molecule has 0 aromatic heterocycles. The Morgan fingerprint density at radius 1 is 1.10 bits per heavy atom. The average molecular weight is 284 g/mol. The second-order valence-corrected chi connectivity index (χ2v) is 7.68. The monoisotopic (exact) mass is 284 g/mol. The summed E-state index contributed by atoms with van der Waals surface area (Å²) < 4.78 is 0. The molecule has 0 amide bonds. The van der Waals surface area contributed by atoms with Crippen LogP contribution in [0.3, 0.4) is 0 Å². The largest absolute Gasteiger partial charge is 0.389 e. The molecule has 112 valence electrons. The zero-order valence-corrected chi connectivity index (χ0v) is 12.8. The van der Waals surface area contributed by atoms with E-state index in [9.17, 15) is 10.2 Å². The lowest BCUT2D eigenvalue weighted by Gasteiger charge is -2.52. The van der Waals surface area contributed by atoms with E-state index in [4.69, 9.17) is 0 Å². The topological polar surface area (TPSA) is 40.5 Å². The number of hydrogen-bond acceptors (Lipinski definition) is 2. The predicted octanol–water partition coefficient (Wildman–Crippen LogP) is 3.14. The lowest BCUT2D eigenvalue weighted by Crippen LogP contribution is -2.46. The Labute approximate surface area is 126 Å². The molecule has 1 saturated carbocycles. The Bertz CT molecular complexity index is 597. The van der Waals surface area contributed by atoms with Gasteiger partial charge >= 0.3 is 0 Å². The number of aliphatic hydroxyl groups is 2. The van der Waals surface area contributed by atoms with Crippen LogP contribution >= 0.6 is 0 Å². The van der Waals surface area contributed by atoms with Crippen molar-refractivity contribution in [3.8, 4) is 0 Å². The number of rotatable bonds is 0. The molecule has 1 fully saturated rings. The third-order valence-corrected chi connectivity index (χ3v) is 6.59. The maximum absolute atomic E-state index is 10.3. The smallest absolute Gasteiger partial charge is 0.0783 e. The zero-order valence-electron chi connectivity index (χ0n) is 12.8.